The van der Waals surface area contributed by atoms with Crippen LogP contribution in [0.1, 0.15) is 32.9 Å². The highest BCUT2D eigenvalue weighted by Gasteiger charge is 2.25. The van der Waals surface area contributed by atoms with E-state index >= 15 is 0 Å². The van der Waals surface area contributed by atoms with Crippen LogP contribution in [0.25, 0.3) is 0 Å². The van der Waals surface area contributed by atoms with Crippen molar-refractivity contribution >= 4 is 17.5 Å². The number of nitrogens with one attached hydrogen (secondary N) is 2. The van der Waals surface area contributed by atoms with Crippen LogP contribution in [0, 0.1) is 23.0 Å². The van der Waals surface area contributed by atoms with Gasteiger partial charge in [0.2, 0.25) is 11.8 Å². The van der Waals surface area contributed by atoms with E-state index in [1.165, 1.54) is 0 Å². The Bertz CT molecular complexity index is 493. The summed E-state index contributed by atoms with van der Waals surface area (Å²) in [5.74, 6) is 0.596. The summed E-state index contributed by atoms with van der Waals surface area (Å²) in [6.07, 6.45) is 0.896. The van der Waals surface area contributed by atoms with E-state index in [4.69, 9.17) is 0 Å². The summed E-state index contributed by atoms with van der Waals surface area (Å²) in [5.41, 5.74) is 0.132. The minimum atomic E-state index is -0.504. The third kappa shape index (κ3) is 4.52. The van der Waals surface area contributed by atoms with Crippen LogP contribution in [-0.4, -0.2) is 39.2 Å². The van der Waals surface area contributed by atoms with Crippen molar-refractivity contribution in [3.8, 4) is 0 Å². The van der Waals surface area contributed by atoms with Crippen molar-refractivity contribution < 1.29 is 10.0 Å². The van der Waals surface area contributed by atoms with Gasteiger partial charge in [0.15, 0.2) is 0 Å². The van der Waals surface area contributed by atoms with E-state index in [-0.39, 0.29) is 35.8 Å². The Kier molecular flexibility index (Phi) is 6.29. The summed E-state index contributed by atoms with van der Waals surface area (Å²) < 4.78 is 0. The van der Waals surface area contributed by atoms with Crippen molar-refractivity contribution in [1.29, 1.82) is 0 Å². The molecule has 8 nitrogen and oxygen atoms in total. The normalized spacial score (nSPS) is 12.3. The third-order valence-electron chi connectivity index (χ3n) is 3.10. The zero-order chi connectivity index (χ0) is 16.0. The lowest BCUT2D eigenvalue weighted by Gasteiger charge is -2.21. The molecule has 1 heterocycles. The molecule has 1 unspecified atom stereocenters. The lowest BCUT2D eigenvalue weighted by molar-refractivity contribution is -0.385. The van der Waals surface area contributed by atoms with Gasteiger partial charge >= 0.3 is 5.69 Å². The fourth-order valence-corrected chi connectivity index (χ4v) is 1.80. The van der Waals surface area contributed by atoms with Crippen molar-refractivity contribution in [2.45, 2.75) is 40.2 Å². The second-order valence-electron chi connectivity index (χ2n) is 5.19. The molecule has 0 radical (unpaired) electrons. The summed E-state index contributed by atoms with van der Waals surface area (Å²) >= 11 is 0. The van der Waals surface area contributed by atoms with Crippen molar-refractivity contribution in [3.05, 3.63) is 15.8 Å². The maximum absolute atomic E-state index is 11.2. The van der Waals surface area contributed by atoms with Crippen LogP contribution in [-0.2, 0) is 0 Å². The molecule has 1 atom stereocenters. The lowest BCUT2D eigenvalue weighted by Crippen LogP contribution is -2.30. The van der Waals surface area contributed by atoms with Crippen molar-refractivity contribution in [1.82, 2.24) is 9.97 Å². The molecule has 0 fully saturated rings. The number of aromatic nitrogens is 2. The molecule has 0 saturated carbocycles. The lowest BCUT2D eigenvalue weighted by atomic mass is 10.1. The Labute approximate surface area is 124 Å². The number of hydrogen-bond donors (Lipinski definition) is 3. The standard InChI is InChI=1S/C13H23N5O3/c1-5-6-14-13-15-9(4)11(18(20)21)12(17-13)16-10(7-19)8(2)3/h8,10,19H,5-7H2,1-4H3,(H2,14,15,16,17). The predicted octanol–water partition coefficient (Wildman–Crippen LogP) is 1.94. The fourth-order valence-electron chi connectivity index (χ4n) is 1.80. The Morgan fingerprint density at radius 3 is 2.52 bits per heavy atom. The molecule has 21 heavy (non-hydrogen) atoms. The van der Waals surface area contributed by atoms with E-state index < -0.39 is 4.92 Å². The average Bonchev–Trinajstić information content (AvgIpc) is 2.41. The van der Waals surface area contributed by atoms with Crippen LogP contribution in [0.5, 0.6) is 0 Å². The van der Waals surface area contributed by atoms with Gasteiger partial charge in [-0.05, 0) is 19.3 Å². The van der Waals surface area contributed by atoms with Crippen molar-refractivity contribution in [2.75, 3.05) is 23.8 Å². The Morgan fingerprint density at radius 2 is 2.05 bits per heavy atom. The summed E-state index contributed by atoms with van der Waals surface area (Å²) in [6.45, 7) is 7.98. The second kappa shape index (κ2) is 7.72. The van der Waals surface area contributed by atoms with E-state index in [2.05, 4.69) is 20.6 Å². The van der Waals surface area contributed by atoms with Gasteiger partial charge in [0, 0.05) is 6.54 Å². The van der Waals surface area contributed by atoms with Crippen LogP contribution < -0.4 is 10.6 Å². The first-order valence-electron chi connectivity index (χ1n) is 7.05. The maximum Gasteiger partial charge on any atom is 0.332 e. The Morgan fingerprint density at radius 1 is 1.38 bits per heavy atom. The second-order valence-corrected chi connectivity index (χ2v) is 5.19. The Balaban J connectivity index is 3.17. The first-order valence-corrected chi connectivity index (χ1v) is 7.05. The minimum absolute atomic E-state index is 0.108. The number of nitrogens with zero attached hydrogens (tertiary/aromatic N) is 3. The van der Waals surface area contributed by atoms with E-state index in [9.17, 15) is 15.2 Å². The molecule has 1 rings (SSSR count). The molecular weight excluding hydrogens is 274 g/mol. The largest absolute Gasteiger partial charge is 0.394 e. The van der Waals surface area contributed by atoms with Crippen LogP contribution in [0.15, 0.2) is 0 Å². The quantitative estimate of drug-likeness (QED) is 0.496. The van der Waals surface area contributed by atoms with Gasteiger partial charge in [0.1, 0.15) is 5.69 Å². The zero-order valence-corrected chi connectivity index (χ0v) is 12.9. The first kappa shape index (κ1) is 17.1. The van der Waals surface area contributed by atoms with Gasteiger partial charge in [-0.3, -0.25) is 10.1 Å². The number of rotatable bonds is 8. The van der Waals surface area contributed by atoms with Crippen LogP contribution in [0.3, 0.4) is 0 Å². The molecular formula is C13H23N5O3. The van der Waals surface area contributed by atoms with Gasteiger partial charge in [-0.1, -0.05) is 20.8 Å². The van der Waals surface area contributed by atoms with Crippen LogP contribution >= 0.6 is 0 Å². The van der Waals surface area contributed by atoms with Crippen LogP contribution in [0.4, 0.5) is 17.5 Å². The number of hydrogen-bond acceptors (Lipinski definition) is 7. The summed E-state index contributed by atoms with van der Waals surface area (Å²) in [6, 6.07) is -0.308. The first-order chi connectivity index (χ1) is 9.90. The molecule has 0 saturated heterocycles. The highest BCUT2D eigenvalue weighted by atomic mass is 16.6. The molecule has 0 aliphatic heterocycles. The predicted molar refractivity (Wildman–Crippen MR) is 81.5 cm³/mol. The van der Waals surface area contributed by atoms with Gasteiger partial charge in [0.05, 0.1) is 17.6 Å². The molecule has 0 spiro atoms. The van der Waals surface area contributed by atoms with E-state index in [0.29, 0.717) is 12.5 Å². The molecule has 0 aromatic carbocycles. The average molecular weight is 297 g/mol. The monoisotopic (exact) mass is 297 g/mol. The highest BCUT2D eigenvalue weighted by Crippen LogP contribution is 2.27. The molecule has 118 valence electrons. The van der Waals surface area contributed by atoms with Crippen molar-refractivity contribution in [3.63, 3.8) is 0 Å². The maximum atomic E-state index is 11.2. The van der Waals surface area contributed by atoms with E-state index in [1.54, 1.807) is 6.92 Å². The summed E-state index contributed by atoms with van der Waals surface area (Å²) in [4.78, 5) is 19.0. The third-order valence-corrected chi connectivity index (χ3v) is 3.10. The number of anilines is 2. The van der Waals surface area contributed by atoms with Crippen LogP contribution in [0.2, 0.25) is 0 Å². The number of aliphatic hydroxyl groups is 1. The molecule has 3 N–H and O–H groups in total. The van der Waals surface area contributed by atoms with Gasteiger partial charge in [0.25, 0.3) is 0 Å². The smallest absolute Gasteiger partial charge is 0.332 e. The zero-order valence-electron chi connectivity index (χ0n) is 12.9. The minimum Gasteiger partial charge on any atom is -0.394 e. The Hall–Kier alpha value is -1.96. The molecule has 8 heteroatoms. The van der Waals surface area contributed by atoms with E-state index in [0.717, 1.165) is 6.42 Å². The van der Waals surface area contributed by atoms with Gasteiger partial charge in [-0.2, -0.15) is 4.98 Å². The van der Waals surface area contributed by atoms with Gasteiger partial charge in [-0.15, -0.1) is 0 Å². The summed E-state index contributed by atoms with van der Waals surface area (Å²) in [5, 5.41) is 26.6. The highest BCUT2D eigenvalue weighted by molar-refractivity contribution is 5.61. The summed E-state index contributed by atoms with van der Waals surface area (Å²) in [7, 11) is 0. The van der Waals surface area contributed by atoms with E-state index in [1.807, 2.05) is 20.8 Å². The molecule has 0 bridgehead atoms. The fraction of sp³-hybridized carbons (Fsp3) is 0.692. The molecule has 0 amide bonds. The topological polar surface area (TPSA) is 113 Å². The van der Waals surface area contributed by atoms with Crippen molar-refractivity contribution in [2.24, 2.45) is 5.92 Å². The number of nitro groups is 1. The van der Waals surface area contributed by atoms with Gasteiger partial charge in [-0.25, -0.2) is 4.98 Å². The molecule has 0 aliphatic rings. The molecule has 1 aromatic rings. The number of aliphatic hydroxyl groups excluding tert-OH is 1. The SMILES string of the molecule is CCCNc1nc(C)c([N+](=O)[O-])c(NC(CO)C(C)C)n1. The van der Waals surface area contributed by atoms with Gasteiger partial charge < -0.3 is 15.7 Å². The number of aryl methyl sites for hydroxylation is 1. The molecule has 0 aliphatic carbocycles. The molecule has 1 aromatic heterocycles.